The summed E-state index contributed by atoms with van der Waals surface area (Å²) in [6.07, 6.45) is 3.69. The van der Waals surface area contributed by atoms with Crippen molar-refractivity contribution < 1.29 is 4.79 Å². The van der Waals surface area contributed by atoms with Crippen LogP contribution >= 0.6 is 0 Å². The molecule has 0 saturated carbocycles. The molecule has 0 aliphatic carbocycles. The molecule has 1 amide bonds. The number of aryl methyl sites for hydroxylation is 1. The molecule has 0 unspecified atom stereocenters. The molecule has 2 aromatic heterocycles. The number of amides is 1. The second-order valence-corrected chi connectivity index (χ2v) is 5.60. The number of hydrogen-bond acceptors (Lipinski definition) is 2. The molecule has 0 bridgehead atoms. The standard InChI is InChI=1S/C18H16N4O/c1-22-10-13(14-4-2-3-5-17(14)22)9-19-18(23)12-6-7-15-16(8-12)21-11-20-15/h2-8,10-11H,9H2,1H3,(H,19,23)(H,20,21). The quantitative estimate of drug-likeness (QED) is 0.611. The fourth-order valence-corrected chi connectivity index (χ4v) is 2.92. The first-order valence-corrected chi connectivity index (χ1v) is 7.46. The van der Waals surface area contributed by atoms with Gasteiger partial charge < -0.3 is 14.9 Å². The van der Waals surface area contributed by atoms with Crippen molar-refractivity contribution in [3.8, 4) is 0 Å². The molecule has 5 nitrogen and oxygen atoms in total. The molecular weight excluding hydrogens is 288 g/mol. The predicted octanol–water partition coefficient (Wildman–Crippen LogP) is 2.98. The number of nitrogens with zero attached hydrogens (tertiary/aromatic N) is 2. The van der Waals surface area contributed by atoms with Gasteiger partial charge in [0.15, 0.2) is 0 Å². The lowest BCUT2D eigenvalue weighted by Gasteiger charge is -2.04. The van der Waals surface area contributed by atoms with E-state index in [4.69, 9.17) is 0 Å². The number of fused-ring (bicyclic) bond motifs is 2. The van der Waals surface area contributed by atoms with Crippen LogP contribution in [0.15, 0.2) is 55.0 Å². The maximum Gasteiger partial charge on any atom is 0.251 e. The summed E-state index contributed by atoms with van der Waals surface area (Å²) >= 11 is 0. The van der Waals surface area contributed by atoms with E-state index >= 15 is 0 Å². The molecule has 0 saturated heterocycles. The van der Waals surface area contributed by atoms with Gasteiger partial charge in [-0.3, -0.25) is 4.79 Å². The molecule has 2 N–H and O–H groups in total. The number of H-pyrrole nitrogens is 1. The molecule has 4 rings (SSSR count). The van der Waals surface area contributed by atoms with Gasteiger partial charge in [0, 0.05) is 36.3 Å². The fourth-order valence-electron chi connectivity index (χ4n) is 2.92. The highest BCUT2D eigenvalue weighted by Crippen LogP contribution is 2.20. The van der Waals surface area contributed by atoms with Crippen molar-refractivity contribution in [3.05, 3.63) is 66.1 Å². The Morgan fingerprint density at radius 2 is 2.13 bits per heavy atom. The lowest BCUT2D eigenvalue weighted by molar-refractivity contribution is 0.0951. The van der Waals surface area contributed by atoms with Gasteiger partial charge in [0.05, 0.1) is 17.4 Å². The third-order valence-electron chi connectivity index (χ3n) is 4.10. The molecular formula is C18H16N4O. The molecule has 0 radical (unpaired) electrons. The smallest absolute Gasteiger partial charge is 0.251 e. The summed E-state index contributed by atoms with van der Waals surface area (Å²) < 4.78 is 2.08. The minimum atomic E-state index is -0.0885. The van der Waals surface area contributed by atoms with Gasteiger partial charge in [0.1, 0.15) is 0 Å². The summed E-state index contributed by atoms with van der Waals surface area (Å²) in [6, 6.07) is 13.6. The first-order chi connectivity index (χ1) is 11.2. The Kier molecular flexibility index (Phi) is 3.12. The predicted molar refractivity (Wildman–Crippen MR) is 90.2 cm³/mol. The first kappa shape index (κ1) is 13.6. The number of imidazole rings is 1. The van der Waals surface area contributed by atoms with Gasteiger partial charge in [-0.1, -0.05) is 18.2 Å². The molecule has 2 heterocycles. The van der Waals surface area contributed by atoms with Crippen molar-refractivity contribution in [2.75, 3.05) is 0 Å². The Bertz CT molecular complexity index is 1010. The molecule has 5 heteroatoms. The van der Waals surface area contributed by atoms with Crippen LogP contribution in [-0.4, -0.2) is 20.4 Å². The number of aromatic amines is 1. The number of benzene rings is 2. The summed E-state index contributed by atoms with van der Waals surface area (Å²) in [7, 11) is 2.01. The normalized spacial score (nSPS) is 11.2. The SMILES string of the molecule is Cn1cc(CNC(=O)c2ccc3nc[nH]c3c2)c2ccccc21. The van der Waals surface area contributed by atoms with E-state index in [0.29, 0.717) is 12.1 Å². The van der Waals surface area contributed by atoms with Gasteiger partial charge >= 0.3 is 0 Å². The van der Waals surface area contributed by atoms with Gasteiger partial charge in [0.2, 0.25) is 0 Å². The zero-order chi connectivity index (χ0) is 15.8. The van der Waals surface area contributed by atoms with Crippen molar-refractivity contribution in [2.45, 2.75) is 6.54 Å². The van der Waals surface area contributed by atoms with Crippen LogP contribution in [0.3, 0.4) is 0 Å². The van der Waals surface area contributed by atoms with Crippen LogP contribution in [0.4, 0.5) is 0 Å². The van der Waals surface area contributed by atoms with Crippen molar-refractivity contribution in [3.63, 3.8) is 0 Å². The Hall–Kier alpha value is -3.08. The van der Waals surface area contributed by atoms with Crippen molar-refractivity contribution in [2.24, 2.45) is 7.05 Å². The topological polar surface area (TPSA) is 62.7 Å². The number of carbonyl (C=O) groups excluding carboxylic acids is 1. The molecule has 0 spiro atoms. The van der Waals surface area contributed by atoms with Gasteiger partial charge in [-0.2, -0.15) is 0 Å². The van der Waals surface area contributed by atoms with Crippen molar-refractivity contribution in [1.29, 1.82) is 0 Å². The maximum absolute atomic E-state index is 12.4. The highest BCUT2D eigenvalue weighted by Gasteiger charge is 2.10. The molecule has 4 aromatic rings. The van der Waals surface area contributed by atoms with Crippen LogP contribution in [0.5, 0.6) is 0 Å². The van der Waals surface area contributed by atoms with Crippen molar-refractivity contribution >= 4 is 27.8 Å². The number of para-hydroxylation sites is 1. The lowest BCUT2D eigenvalue weighted by atomic mass is 10.1. The first-order valence-electron chi connectivity index (χ1n) is 7.46. The molecule has 114 valence electrons. The minimum Gasteiger partial charge on any atom is -0.350 e. The van der Waals surface area contributed by atoms with E-state index in [9.17, 15) is 4.79 Å². The highest BCUT2D eigenvalue weighted by molar-refractivity contribution is 5.97. The summed E-state index contributed by atoms with van der Waals surface area (Å²) in [5, 5.41) is 4.16. The monoisotopic (exact) mass is 304 g/mol. The van der Waals surface area contributed by atoms with E-state index in [1.807, 2.05) is 31.3 Å². The van der Waals surface area contributed by atoms with Gasteiger partial charge in [-0.25, -0.2) is 4.98 Å². The number of carbonyl (C=O) groups is 1. The molecule has 0 fully saturated rings. The summed E-state index contributed by atoms with van der Waals surface area (Å²) in [5.74, 6) is -0.0885. The fraction of sp³-hybridized carbons (Fsp3) is 0.111. The Labute approximate surface area is 133 Å². The van der Waals surface area contributed by atoms with Crippen LogP contribution in [0.1, 0.15) is 15.9 Å². The van der Waals surface area contributed by atoms with E-state index in [1.165, 1.54) is 5.39 Å². The number of aromatic nitrogens is 3. The van der Waals surface area contributed by atoms with Gasteiger partial charge in [-0.15, -0.1) is 0 Å². The summed E-state index contributed by atoms with van der Waals surface area (Å²) in [5.41, 5.74) is 4.62. The summed E-state index contributed by atoms with van der Waals surface area (Å²) in [6.45, 7) is 0.501. The van der Waals surface area contributed by atoms with E-state index < -0.39 is 0 Å². The van der Waals surface area contributed by atoms with Crippen LogP contribution in [0.2, 0.25) is 0 Å². The zero-order valence-corrected chi connectivity index (χ0v) is 12.7. The van der Waals surface area contributed by atoms with E-state index in [0.717, 1.165) is 22.1 Å². The van der Waals surface area contributed by atoms with Crippen LogP contribution < -0.4 is 5.32 Å². The molecule has 0 atom stereocenters. The Balaban J connectivity index is 1.56. The lowest BCUT2D eigenvalue weighted by Crippen LogP contribution is -2.22. The second kappa shape index (κ2) is 5.28. The largest absolute Gasteiger partial charge is 0.350 e. The average Bonchev–Trinajstić information content (AvgIpc) is 3.17. The van der Waals surface area contributed by atoms with Crippen LogP contribution in [-0.2, 0) is 13.6 Å². The van der Waals surface area contributed by atoms with Gasteiger partial charge in [-0.05, 0) is 29.8 Å². The molecule has 0 aliphatic heterocycles. The second-order valence-electron chi connectivity index (χ2n) is 5.60. The summed E-state index contributed by atoms with van der Waals surface area (Å²) in [4.78, 5) is 19.6. The number of nitrogens with one attached hydrogen (secondary N) is 2. The van der Waals surface area contributed by atoms with Crippen molar-refractivity contribution in [1.82, 2.24) is 19.9 Å². The van der Waals surface area contributed by atoms with Gasteiger partial charge in [0.25, 0.3) is 5.91 Å². The number of hydrogen-bond donors (Lipinski definition) is 2. The maximum atomic E-state index is 12.4. The Morgan fingerprint density at radius 3 is 3.04 bits per heavy atom. The van der Waals surface area contributed by atoms with E-state index in [1.54, 1.807) is 12.4 Å². The average molecular weight is 304 g/mol. The number of rotatable bonds is 3. The molecule has 0 aliphatic rings. The van der Waals surface area contributed by atoms with Crippen LogP contribution in [0, 0.1) is 0 Å². The molecule has 23 heavy (non-hydrogen) atoms. The molecule has 2 aromatic carbocycles. The Morgan fingerprint density at radius 1 is 1.26 bits per heavy atom. The highest BCUT2D eigenvalue weighted by atomic mass is 16.1. The minimum absolute atomic E-state index is 0.0885. The zero-order valence-electron chi connectivity index (χ0n) is 12.7. The third-order valence-corrected chi connectivity index (χ3v) is 4.10. The van der Waals surface area contributed by atoms with Crippen LogP contribution in [0.25, 0.3) is 21.9 Å². The van der Waals surface area contributed by atoms with E-state index in [-0.39, 0.29) is 5.91 Å². The van der Waals surface area contributed by atoms with E-state index in [2.05, 4.69) is 38.2 Å². The third kappa shape index (κ3) is 2.36.